The lowest BCUT2D eigenvalue weighted by Crippen LogP contribution is -2.60. The Kier molecular flexibility index (Phi) is 16.4. The molecule has 2 aliphatic rings. The molecule has 2 N–H and O–H groups in total. The number of likely N-dealkylation sites (N-methyl/N-ethyl adjacent to an activating group) is 1. The Morgan fingerprint density at radius 2 is 1.58 bits per heavy atom. The zero-order chi connectivity index (χ0) is 36.3. The van der Waals surface area contributed by atoms with E-state index >= 15 is 0 Å². The van der Waals surface area contributed by atoms with Gasteiger partial charge in [0.2, 0.25) is 23.6 Å². The van der Waals surface area contributed by atoms with E-state index in [9.17, 15) is 24.0 Å². The molecule has 0 aliphatic carbocycles. The summed E-state index contributed by atoms with van der Waals surface area (Å²) in [6.45, 7) is 19.0. The van der Waals surface area contributed by atoms with Crippen LogP contribution in [0, 0.1) is 11.3 Å². The Labute approximate surface area is 293 Å². The predicted octanol–water partition coefficient (Wildman–Crippen LogP) is 4.00. The fourth-order valence-corrected chi connectivity index (χ4v) is 7.15. The molecule has 0 aromatic carbocycles. The molecule has 0 bridgehead atoms. The standard InChI is InChI=1S/C36H63N5O6S/c1-12-47-35(46)26(18-21-48-11)37-31(42)28-17-15-20-41(28)33(44)25(6)22-29(23(2)3)39(10)34(45)30(36(7,8)9)38-32(43)27-16-13-14-19-40(27)24(4)5/h22-24,26-30H,12-21H2,1-11H3,(H,37,42)(H,38,43)/t26-,27?,28+,29-,30-/m1/s1. The Morgan fingerprint density at radius 1 is 0.958 bits per heavy atom. The van der Waals surface area contributed by atoms with Gasteiger partial charge in [-0.05, 0) is 89.7 Å². The average molecular weight is 694 g/mol. The molecule has 0 aromatic rings. The molecule has 1 unspecified atom stereocenters. The SMILES string of the molecule is CCOC(=O)[C@@H](CCSC)NC(=O)[C@@H]1CCCN1C(=O)C(C)=C[C@H](C(C)C)N(C)C(=O)[C@@H](NC(=O)C1CCCCN1C(C)C)C(C)(C)C. The number of hydrogen-bond donors (Lipinski definition) is 2. The lowest BCUT2D eigenvalue weighted by molar-refractivity contribution is -0.148. The summed E-state index contributed by atoms with van der Waals surface area (Å²) in [6.07, 6.45) is 8.14. The van der Waals surface area contributed by atoms with Crippen LogP contribution in [0.4, 0.5) is 0 Å². The topological polar surface area (TPSA) is 128 Å². The highest BCUT2D eigenvalue weighted by atomic mass is 32.2. The van der Waals surface area contributed by atoms with Crippen molar-refractivity contribution in [2.75, 3.05) is 38.8 Å². The Balaban J connectivity index is 2.26. The molecular formula is C36H63N5O6S. The van der Waals surface area contributed by atoms with Crippen LogP contribution in [0.2, 0.25) is 0 Å². The Bertz CT molecular complexity index is 1150. The second-order valence-corrected chi connectivity index (χ2v) is 15.9. The van der Waals surface area contributed by atoms with Crippen molar-refractivity contribution < 1.29 is 28.7 Å². The summed E-state index contributed by atoms with van der Waals surface area (Å²) in [4.78, 5) is 73.0. The third-order valence-electron chi connectivity index (χ3n) is 9.46. The highest BCUT2D eigenvalue weighted by Crippen LogP contribution is 2.27. The van der Waals surface area contributed by atoms with E-state index in [0.717, 1.165) is 25.8 Å². The molecule has 0 aromatic heterocycles. The first kappa shape index (κ1) is 41.6. The van der Waals surface area contributed by atoms with E-state index in [1.807, 2.05) is 40.9 Å². The highest BCUT2D eigenvalue weighted by Gasteiger charge is 2.41. The molecular weight excluding hydrogens is 630 g/mol. The summed E-state index contributed by atoms with van der Waals surface area (Å²) in [6, 6.07) is -2.71. The molecule has 11 nitrogen and oxygen atoms in total. The maximum absolute atomic E-state index is 14.2. The van der Waals surface area contributed by atoms with Crippen molar-refractivity contribution >= 4 is 41.4 Å². The van der Waals surface area contributed by atoms with Crippen LogP contribution in [-0.4, -0.2) is 119 Å². The van der Waals surface area contributed by atoms with E-state index in [-0.39, 0.29) is 48.2 Å². The summed E-state index contributed by atoms with van der Waals surface area (Å²) in [5, 5.41) is 5.96. The van der Waals surface area contributed by atoms with Crippen LogP contribution in [0.25, 0.3) is 0 Å². The first-order valence-corrected chi connectivity index (χ1v) is 19.1. The van der Waals surface area contributed by atoms with Crippen LogP contribution in [0.15, 0.2) is 11.6 Å². The molecule has 2 saturated heterocycles. The number of thioether (sulfide) groups is 1. The third kappa shape index (κ3) is 11.2. The second kappa shape index (κ2) is 19.0. The number of nitrogens with one attached hydrogen (secondary N) is 2. The zero-order valence-corrected chi connectivity index (χ0v) is 32.2. The summed E-state index contributed by atoms with van der Waals surface area (Å²) in [5.41, 5.74) is -0.120. The number of carbonyl (C=O) groups excluding carboxylic acids is 5. The van der Waals surface area contributed by atoms with Crippen LogP contribution < -0.4 is 10.6 Å². The maximum Gasteiger partial charge on any atom is 0.328 e. The second-order valence-electron chi connectivity index (χ2n) is 14.9. The number of amides is 4. The van der Waals surface area contributed by atoms with Gasteiger partial charge in [0.15, 0.2) is 0 Å². The molecule has 2 fully saturated rings. The zero-order valence-electron chi connectivity index (χ0n) is 31.4. The number of ether oxygens (including phenoxy) is 1. The lowest BCUT2D eigenvalue weighted by Gasteiger charge is -2.41. The van der Waals surface area contributed by atoms with Crippen LogP contribution in [0.3, 0.4) is 0 Å². The number of piperidine rings is 1. The van der Waals surface area contributed by atoms with Crippen LogP contribution >= 0.6 is 11.8 Å². The van der Waals surface area contributed by atoms with Gasteiger partial charge in [0.25, 0.3) is 0 Å². The van der Waals surface area contributed by atoms with Crippen molar-refractivity contribution in [1.82, 2.24) is 25.3 Å². The van der Waals surface area contributed by atoms with E-state index in [4.69, 9.17) is 4.74 Å². The molecule has 0 radical (unpaired) electrons. The molecule has 48 heavy (non-hydrogen) atoms. The lowest BCUT2D eigenvalue weighted by atomic mass is 9.84. The third-order valence-corrected chi connectivity index (χ3v) is 10.1. The first-order valence-electron chi connectivity index (χ1n) is 17.7. The van der Waals surface area contributed by atoms with Crippen molar-refractivity contribution in [3.8, 4) is 0 Å². The molecule has 2 aliphatic heterocycles. The quantitative estimate of drug-likeness (QED) is 0.195. The van der Waals surface area contributed by atoms with E-state index in [2.05, 4.69) is 29.4 Å². The van der Waals surface area contributed by atoms with Crippen molar-refractivity contribution in [3.05, 3.63) is 11.6 Å². The molecule has 274 valence electrons. The molecule has 0 spiro atoms. The van der Waals surface area contributed by atoms with Crippen molar-refractivity contribution in [1.29, 1.82) is 0 Å². The minimum atomic E-state index is -0.771. The fourth-order valence-electron chi connectivity index (χ4n) is 6.67. The molecule has 12 heteroatoms. The van der Waals surface area contributed by atoms with E-state index < -0.39 is 35.6 Å². The van der Waals surface area contributed by atoms with Gasteiger partial charge in [-0.15, -0.1) is 0 Å². The Hall–Kier alpha value is -2.60. The Morgan fingerprint density at radius 3 is 2.15 bits per heavy atom. The minimum absolute atomic E-state index is 0.0350. The molecule has 2 heterocycles. The van der Waals surface area contributed by atoms with Gasteiger partial charge in [-0.2, -0.15) is 11.8 Å². The molecule has 2 rings (SSSR count). The number of esters is 1. The van der Waals surface area contributed by atoms with Gasteiger partial charge in [-0.1, -0.05) is 47.1 Å². The monoisotopic (exact) mass is 693 g/mol. The van der Waals surface area contributed by atoms with Gasteiger partial charge in [0.1, 0.15) is 18.1 Å². The summed E-state index contributed by atoms with van der Waals surface area (Å²) < 4.78 is 5.18. The normalized spacial score (nSPS) is 21.1. The van der Waals surface area contributed by atoms with Gasteiger partial charge in [0, 0.05) is 25.2 Å². The van der Waals surface area contributed by atoms with Gasteiger partial charge in [-0.3, -0.25) is 24.1 Å². The minimum Gasteiger partial charge on any atom is -0.464 e. The fraction of sp³-hybridized carbons (Fsp3) is 0.806. The van der Waals surface area contributed by atoms with Gasteiger partial charge < -0.3 is 25.2 Å². The maximum atomic E-state index is 14.2. The predicted molar refractivity (Wildman–Crippen MR) is 192 cm³/mol. The van der Waals surface area contributed by atoms with Gasteiger partial charge in [0.05, 0.1) is 18.7 Å². The smallest absolute Gasteiger partial charge is 0.328 e. The number of hydrogen-bond acceptors (Lipinski definition) is 8. The number of rotatable bonds is 15. The van der Waals surface area contributed by atoms with Gasteiger partial charge >= 0.3 is 5.97 Å². The van der Waals surface area contributed by atoms with Crippen molar-refractivity contribution in [2.45, 2.75) is 137 Å². The van der Waals surface area contributed by atoms with E-state index in [1.165, 1.54) is 0 Å². The van der Waals surface area contributed by atoms with Crippen LogP contribution in [0.1, 0.15) is 101 Å². The molecule has 5 atom stereocenters. The van der Waals surface area contributed by atoms with Crippen molar-refractivity contribution in [2.24, 2.45) is 11.3 Å². The number of nitrogens with zero attached hydrogens (tertiary/aromatic N) is 3. The van der Waals surface area contributed by atoms with Crippen molar-refractivity contribution in [3.63, 3.8) is 0 Å². The van der Waals surface area contributed by atoms with Crippen LogP contribution in [0.5, 0.6) is 0 Å². The number of carbonyl (C=O) groups is 5. The summed E-state index contributed by atoms with van der Waals surface area (Å²) in [7, 11) is 1.73. The molecule has 0 saturated carbocycles. The van der Waals surface area contributed by atoms with Crippen LogP contribution in [-0.2, 0) is 28.7 Å². The van der Waals surface area contributed by atoms with E-state index in [0.29, 0.717) is 37.1 Å². The number of likely N-dealkylation sites (tertiary alicyclic amines) is 2. The molecule has 4 amide bonds. The van der Waals surface area contributed by atoms with Gasteiger partial charge in [-0.25, -0.2) is 4.79 Å². The highest BCUT2D eigenvalue weighted by molar-refractivity contribution is 7.98. The average Bonchev–Trinajstić information content (AvgIpc) is 3.52. The summed E-state index contributed by atoms with van der Waals surface area (Å²) >= 11 is 1.58. The first-order chi connectivity index (χ1) is 22.5. The summed E-state index contributed by atoms with van der Waals surface area (Å²) in [5.74, 6) is -0.802. The largest absolute Gasteiger partial charge is 0.464 e. The van der Waals surface area contributed by atoms with E-state index in [1.54, 1.807) is 48.5 Å².